The third-order valence-electron chi connectivity index (χ3n) is 1.50. The van der Waals surface area contributed by atoms with Crippen LogP contribution in [0, 0.1) is 0 Å². The van der Waals surface area contributed by atoms with Crippen molar-refractivity contribution in [1.29, 1.82) is 0 Å². The fourth-order valence-electron chi connectivity index (χ4n) is 0.839. The van der Waals surface area contributed by atoms with Crippen molar-refractivity contribution >= 4 is 18.0 Å². The Kier molecular flexibility index (Phi) is 2.19. The minimum Gasteiger partial charge on any atom is -0.315 e. The summed E-state index contributed by atoms with van der Waals surface area (Å²) >= 11 is 0. The molecule has 4 nitrogen and oxygen atoms in total. The van der Waals surface area contributed by atoms with E-state index in [1.165, 1.54) is 25.3 Å². The van der Waals surface area contributed by atoms with Gasteiger partial charge in [-0.2, -0.15) is 0 Å². The van der Waals surface area contributed by atoms with Crippen LogP contribution in [0.25, 0.3) is 0 Å². The number of carbonyl (C=O) groups excluding carboxylic acids is 3. The second kappa shape index (κ2) is 3.13. The van der Waals surface area contributed by atoms with Crippen molar-refractivity contribution in [1.82, 2.24) is 4.90 Å². The quantitative estimate of drug-likeness (QED) is 0.320. The van der Waals surface area contributed by atoms with Gasteiger partial charge in [-0.15, -0.1) is 0 Å². The zero-order valence-corrected chi connectivity index (χ0v) is 6.48. The summed E-state index contributed by atoms with van der Waals surface area (Å²) in [6, 6.07) is 0. The standard InChI is InChI=1S/C8H7NO3/c1-9(5-10)6-3-2-4-7(11)8(6)12/h2-5H,1H3. The van der Waals surface area contributed by atoms with Crippen LogP contribution in [-0.2, 0) is 14.4 Å². The lowest BCUT2D eigenvalue weighted by atomic mass is 10.1. The summed E-state index contributed by atoms with van der Waals surface area (Å²) in [4.78, 5) is 33.2. The first-order chi connectivity index (χ1) is 5.66. The van der Waals surface area contributed by atoms with Crippen molar-refractivity contribution in [3.63, 3.8) is 0 Å². The summed E-state index contributed by atoms with van der Waals surface area (Å²) in [6.45, 7) is 0. The van der Waals surface area contributed by atoms with E-state index in [2.05, 4.69) is 0 Å². The van der Waals surface area contributed by atoms with Crippen molar-refractivity contribution in [2.75, 3.05) is 7.05 Å². The summed E-state index contributed by atoms with van der Waals surface area (Å²) in [5.41, 5.74) is 0.109. The summed E-state index contributed by atoms with van der Waals surface area (Å²) in [5.74, 6) is -1.24. The molecule has 0 saturated heterocycles. The Balaban J connectivity index is 2.97. The van der Waals surface area contributed by atoms with Crippen LogP contribution in [0.1, 0.15) is 0 Å². The number of carbonyl (C=O) groups is 3. The summed E-state index contributed by atoms with van der Waals surface area (Å²) in [6.07, 6.45) is 4.53. The van der Waals surface area contributed by atoms with E-state index in [-0.39, 0.29) is 5.70 Å². The van der Waals surface area contributed by atoms with Crippen LogP contribution >= 0.6 is 0 Å². The van der Waals surface area contributed by atoms with Crippen molar-refractivity contribution in [3.8, 4) is 0 Å². The molecule has 0 aliphatic heterocycles. The molecular formula is C8H7NO3. The number of hydrogen-bond donors (Lipinski definition) is 0. The van der Waals surface area contributed by atoms with Crippen LogP contribution < -0.4 is 0 Å². The van der Waals surface area contributed by atoms with E-state index in [0.717, 1.165) is 4.90 Å². The summed E-state index contributed by atoms with van der Waals surface area (Å²) < 4.78 is 0. The number of likely N-dealkylation sites (N-methyl/N-ethyl adjacent to an activating group) is 1. The Morgan fingerprint density at radius 1 is 1.42 bits per heavy atom. The number of rotatable bonds is 2. The molecule has 0 N–H and O–H groups in total. The lowest BCUT2D eigenvalue weighted by molar-refractivity contribution is -0.133. The molecule has 0 bridgehead atoms. The number of amides is 1. The Labute approximate surface area is 69.2 Å². The topological polar surface area (TPSA) is 54.5 Å². The van der Waals surface area contributed by atoms with Crippen LogP contribution in [0.2, 0.25) is 0 Å². The molecule has 0 heterocycles. The van der Waals surface area contributed by atoms with Crippen molar-refractivity contribution in [3.05, 3.63) is 23.9 Å². The van der Waals surface area contributed by atoms with Gasteiger partial charge in [0.15, 0.2) is 0 Å². The molecule has 12 heavy (non-hydrogen) atoms. The highest BCUT2D eigenvalue weighted by atomic mass is 16.2. The van der Waals surface area contributed by atoms with Gasteiger partial charge in [0.2, 0.25) is 18.0 Å². The maximum Gasteiger partial charge on any atom is 0.249 e. The molecule has 0 aromatic carbocycles. The largest absolute Gasteiger partial charge is 0.315 e. The summed E-state index contributed by atoms with van der Waals surface area (Å²) in [7, 11) is 1.42. The highest BCUT2D eigenvalue weighted by Gasteiger charge is 2.21. The van der Waals surface area contributed by atoms with Crippen molar-refractivity contribution < 1.29 is 14.4 Å². The van der Waals surface area contributed by atoms with Gasteiger partial charge < -0.3 is 4.90 Å². The first-order valence-electron chi connectivity index (χ1n) is 3.32. The first kappa shape index (κ1) is 8.39. The molecule has 0 saturated carbocycles. The van der Waals surface area contributed by atoms with Gasteiger partial charge in [0.05, 0.1) is 5.70 Å². The van der Waals surface area contributed by atoms with Crippen molar-refractivity contribution in [2.24, 2.45) is 0 Å². The number of allylic oxidation sites excluding steroid dienone is 4. The van der Waals surface area contributed by atoms with Crippen LogP contribution in [0.4, 0.5) is 0 Å². The fraction of sp³-hybridized carbons (Fsp3) is 0.125. The Bertz CT molecular complexity index is 301. The molecule has 0 unspecified atom stereocenters. The molecule has 0 radical (unpaired) electrons. The molecule has 1 aliphatic carbocycles. The Hall–Kier alpha value is -1.71. The van der Waals surface area contributed by atoms with Gasteiger partial charge in [0.1, 0.15) is 0 Å². The normalized spacial score (nSPS) is 15.9. The molecule has 1 aliphatic rings. The molecule has 0 fully saturated rings. The van der Waals surface area contributed by atoms with E-state index in [1.807, 2.05) is 0 Å². The van der Waals surface area contributed by atoms with E-state index in [9.17, 15) is 14.4 Å². The second-order valence-electron chi connectivity index (χ2n) is 2.32. The Morgan fingerprint density at radius 3 is 2.67 bits per heavy atom. The number of hydrogen-bond acceptors (Lipinski definition) is 3. The van der Waals surface area contributed by atoms with Gasteiger partial charge >= 0.3 is 0 Å². The predicted octanol–water partition coefficient (Wildman–Crippen LogP) is -0.334. The van der Waals surface area contributed by atoms with E-state index in [0.29, 0.717) is 6.41 Å². The number of Topliss-reactive ketones (excluding diaryl/α,β-unsaturated/α-hetero) is 1. The number of nitrogens with zero attached hydrogens (tertiary/aromatic N) is 1. The Morgan fingerprint density at radius 2 is 2.08 bits per heavy atom. The second-order valence-corrected chi connectivity index (χ2v) is 2.32. The molecule has 1 amide bonds. The molecule has 4 heteroatoms. The lowest BCUT2D eigenvalue weighted by Crippen LogP contribution is -2.28. The third kappa shape index (κ3) is 1.32. The van der Waals surface area contributed by atoms with E-state index in [4.69, 9.17) is 0 Å². The van der Waals surface area contributed by atoms with E-state index >= 15 is 0 Å². The molecule has 0 aromatic heterocycles. The lowest BCUT2D eigenvalue weighted by Gasteiger charge is -2.13. The highest BCUT2D eigenvalue weighted by molar-refractivity contribution is 6.48. The van der Waals surface area contributed by atoms with Gasteiger partial charge in [0.25, 0.3) is 0 Å². The third-order valence-corrected chi connectivity index (χ3v) is 1.50. The molecule has 0 atom stereocenters. The van der Waals surface area contributed by atoms with Crippen LogP contribution in [0.15, 0.2) is 23.9 Å². The average Bonchev–Trinajstić information content (AvgIpc) is 2.08. The minimum atomic E-state index is -0.646. The van der Waals surface area contributed by atoms with E-state index < -0.39 is 11.6 Å². The summed E-state index contributed by atoms with van der Waals surface area (Å²) in [5, 5.41) is 0. The van der Waals surface area contributed by atoms with Crippen LogP contribution in [-0.4, -0.2) is 29.9 Å². The molecule has 0 aromatic rings. The fourth-order valence-corrected chi connectivity index (χ4v) is 0.839. The SMILES string of the molecule is CN(C=O)C1=CC=CC(=O)C1=O. The molecule has 1 rings (SSSR count). The number of ketones is 2. The van der Waals surface area contributed by atoms with Crippen molar-refractivity contribution in [2.45, 2.75) is 0 Å². The predicted molar refractivity (Wildman–Crippen MR) is 41.1 cm³/mol. The van der Waals surface area contributed by atoms with Gasteiger partial charge in [-0.05, 0) is 12.2 Å². The minimum absolute atomic E-state index is 0.109. The monoisotopic (exact) mass is 165 g/mol. The first-order valence-corrected chi connectivity index (χ1v) is 3.32. The van der Waals surface area contributed by atoms with Gasteiger partial charge in [-0.1, -0.05) is 6.08 Å². The van der Waals surface area contributed by atoms with Gasteiger partial charge in [-0.3, -0.25) is 14.4 Å². The smallest absolute Gasteiger partial charge is 0.249 e. The maximum absolute atomic E-state index is 11.1. The zero-order valence-electron chi connectivity index (χ0n) is 6.48. The molecular weight excluding hydrogens is 158 g/mol. The van der Waals surface area contributed by atoms with Gasteiger partial charge in [-0.25, -0.2) is 0 Å². The van der Waals surface area contributed by atoms with Gasteiger partial charge in [0, 0.05) is 7.05 Å². The maximum atomic E-state index is 11.1. The van der Waals surface area contributed by atoms with Crippen LogP contribution in [0.3, 0.4) is 0 Å². The highest BCUT2D eigenvalue weighted by Crippen LogP contribution is 2.07. The van der Waals surface area contributed by atoms with Crippen LogP contribution in [0.5, 0.6) is 0 Å². The van der Waals surface area contributed by atoms with E-state index in [1.54, 1.807) is 0 Å². The molecule has 0 spiro atoms. The zero-order chi connectivity index (χ0) is 9.14. The molecule has 62 valence electrons. The average molecular weight is 165 g/mol.